The molecule has 1 N–H and O–H groups in total. The number of aliphatic hydroxyl groups is 1. The first-order chi connectivity index (χ1) is 6.34. The average Bonchev–Trinajstić information content (AvgIpc) is 2.62. The van der Waals surface area contributed by atoms with Gasteiger partial charge in [-0.2, -0.15) is 0 Å². The number of rotatable bonds is 2. The monoisotopic (exact) mass is 185 g/mol. The minimum absolute atomic E-state index is 0.0549. The van der Waals surface area contributed by atoms with Crippen molar-refractivity contribution in [3.63, 3.8) is 0 Å². The highest BCUT2D eigenvalue weighted by Crippen LogP contribution is 2.16. The molecule has 2 rings (SSSR count). The molecule has 0 unspecified atom stereocenters. The van der Waals surface area contributed by atoms with Gasteiger partial charge in [-0.25, -0.2) is 0 Å². The van der Waals surface area contributed by atoms with Gasteiger partial charge in [0.25, 0.3) is 0 Å². The van der Waals surface area contributed by atoms with Gasteiger partial charge in [0.1, 0.15) is 0 Å². The Morgan fingerprint density at radius 1 is 1.23 bits per heavy atom. The van der Waals surface area contributed by atoms with E-state index in [9.17, 15) is 5.11 Å². The smallest absolute Gasteiger partial charge is 0.0702 e. The minimum Gasteiger partial charge on any atom is -0.393 e. The molecule has 13 heavy (non-hydrogen) atoms. The number of hydrogen-bond acceptors (Lipinski definition) is 3. The molecule has 0 aromatic heterocycles. The third kappa shape index (κ3) is 2.66. The highest BCUT2D eigenvalue weighted by atomic mass is 16.5. The highest BCUT2D eigenvalue weighted by molar-refractivity contribution is 4.75. The fraction of sp³-hybridized carbons (Fsp3) is 1.00. The van der Waals surface area contributed by atoms with Gasteiger partial charge in [-0.3, -0.25) is 0 Å². The molecule has 1 atom stereocenters. The minimum atomic E-state index is -0.0549. The van der Waals surface area contributed by atoms with E-state index in [-0.39, 0.29) is 6.10 Å². The maximum absolute atomic E-state index is 9.33. The van der Waals surface area contributed by atoms with Crippen LogP contribution in [0.15, 0.2) is 0 Å². The Kier molecular flexibility index (Phi) is 3.19. The van der Waals surface area contributed by atoms with E-state index in [1.165, 1.54) is 12.8 Å². The molecule has 0 aliphatic carbocycles. The van der Waals surface area contributed by atoms with E-state index in [1.54, 1.807) is 0 Å². The van der Waals surface area contributed by atoms with E-state index in [0.29, 0.717) is 6.10 Å². The lowest BCUT2D eigenvalue weighted by Gasteiger charge is -2.31. The molecule has 0 radical (unpaired) electrons. The van der Waals surface area contributed by atoms with Crippen LogP contribution >= 0.6 is 0 Å². The summed E-state index contributed by atoms with van der Waals surface area (Å²) in [5, 5.41) is 9.33. The molecule has 2 fully saturated rings. The second kappa shape index (κ2) is 4.40. The Labute approximate surface area is 79.7 Å². The normalized spacial score (nSPS) is 32.5. The van der Waals surface area contributed by atoms with Gasteiger partial charge < -0.3 is 14.7 Å². The van der Waals surface area contributed by atoms with Gasteiger partial charge in [0.05, 0.1) is 12.2 Å². The van der Waals surface area contributed by atoms with Crippen molar-refractivity contribution < 1.29 is 9.84 Å². The molecule has 0 amide bonds. The zero-order chi connectivity index (χ0) is 9.10. The summed E-state index contributed by atoms with van der Waals surface area (Å²) in [6.45, 7) is 4.11. The number of hydrogen-bond donors (Lipinski definition) is 1. The highest BCUT2D eigenvalue weighted by Gasteiger charge is 2.22. The Morgan fingerprint density at radius 3 is 2.62 bits per heavy atom. The molecule has 76 valence electrons. The summed E-state index contributed by atoms with van der Waals surface area (Å²) >= 11 is 0. The molecule has 3 heteroatoms. The summed E-state index contributed by atoms with van der Waals surface area (Å²) in [6, 6.07) is 0. The second-order valence-electron chi connectivity index (χ2n) is 4.17. The summed E-state index contributed by atoms with van der Waals surface area (Å²) in [6.07, 6.45) is 4.73. The summed E-state index contributed by atoms with van der Waals surface area (Å²) in [5.41, 5.74) is 0. The Bertz CT molecular complexity index is 149. The van der Waals surface area contributed by atoms with Gasteiger partial charge in [-0.15, -0.1) is 0 Å². The number of nitrogens with zero attached hydrogens (tertiary/aromatic N) is 1. The molecule has 2 aliphatic heterocycles. The average molecular weight is 185 g/mol. The van der Waals surface area contributed by atoms with Crippen LogP contribution in [0, 0.1) is 0 Å². The maximum Gasteiger partial charge on any atom is 0.0702 e. The van der Waals surface area contributed by atoms with Crippen LogP contribution < -0.4 is 0 Å². The number of piperidine rings is 1. The molecule has 2 aliphatic rings. The van der Waals surface area contributed by atoms with Crippen molar-refractivity contribution in [3.8, 4) is 0 Å². The maximum atomic E-state index is 9.33. The van der Waals surface area contributed by atoms with Crippen molar-refractivity contribution in [3.05, 3.63) is 0 Å². The molecular formula is C10H19NO2. The topological polar surface area (TPSA) is 32.7 Å². The largest absolute Gasteiger partial charge is 0.393 e. The lowest BCUT2D eigenvalue weighted by atomic mass is 10.1. The Hall–Kier alpha value is -0.120. The first-order valence-corrected chi connectivity index (χ1v) is 5.36. The summed E-state index contributed by atoms with van der Waals surface area (Å²) in [7, 11) is 0. The van der Waals surface area contributed by atoms with Crippen LogP contribution in [0.2, 0.25) is 0 Å². The Morgan fingerprint density at radius 2 is 2.00 bits per heavy atom. The van der Waals surface area contributed by atoms with Crippen molar-refractivity contribution in [2.75, 3.05) is 26.2 Å². The fourth-order valence-electron chi connectivity index (χ4n) is 2.18. The summed E-state index contributed by atoms with van der Waals surface area (Å²) in [5.74, 6) is 0. The fourth-order valence-corrected chi connectivity index (χ4v) is 2.18. The molecule has 3 nitrogen and oxygen atoms in total. The standard InChI is InChI=1S/C10H19NO2/c12-9-3-5-11(6-4-9)8-10-2-1-7-13-10/h9-10,12H,1-8H2/t10-/m0/s1. The van der Waals surface area contributed by atoms with E-state index in [4.69, 9.17) is 4.74 Å². The molecule has 0 saturated carbocycles. The molecular weight excluding hydrogens is 166 g/mol. The number of aliphatic hydroxyl groups excluding tert-OH is 1. The van der Waals surface area contributed by atoms with Crippen molar-refractivity contribution in [1.82, 2.24) is 4.90 Å². The van der Waals surface area contributed by atoms with Crippen molar-refractivity contribution >= 4 is 0 Å². The van der Waals surface area contributed by atoms with Crippen LogP contribution in [0.4, 0.5) is 0 Å². The molecule has 2 saturated heterocycles. The first-order valence-electron chi connectivity index (χ1n) is 5.36. The molecule has 0 aromatic carbocycles. The van der Waals surface area contributed by atoms with Crippen LogP contribution in [0.5, 0.6) is 0 Å². The van der Waals surface area contributed by atoms with E-state index < -0.39 is 0 Å². The zero-order valence-corrected chi connectivity index (χ0v) is 8.11. The van der Waals surface area contributed by atoms with Gasteiger partial charge >= 0.3 is 0 Å². The molecule has 0 aromatic rings. The number of likely N-dealkylation sites (tertiary alicyclic amines) is 1. The van der Waals surface area contributed by atoms with Crippen molar-refractivity contribution in [1.29, 1.82) is 0 Å². The van der Waals surface area contributed by atoms with Gasteiger partial charge in [-0.05, 0) is 25.7 Å². The third-order valence-electron chi connectivity index (χ3n) is 3.04. The number of ether oxygens (including phenoxy) is 1. The van der Waals surface area contributed by atoms with Gasteiger partial charge in [-0.1, -0.05) is 0 Å². The quantitative estimate of drug-likeness (QED) is 0.684. The summed E-state index contributed by atoms with van der Waals surface area (Å²) < 4.78 is 5.58. The van der Waals surface area contributed by atoms with Crippen LogP contribution in [0.3, 0.4) is 0 Å². The van der Waals surface area contributed by atoms with E-state index in [2.05, 4.69) is 4.90 Å². The zero-order valence-electron chi connectivity index (χ0n) is 8.11. The molecule has 0 bridgehead atoms. The van der Waals surface area contributed by atoms with Crippen LogP contribution in [-0.2, 0) is 4.74 Å². The lowest BCUT2D eigenvalue weighted by Crippen LogP contribution is -2.40. The van der Waals surface area contributed by atoms with Crippen LogP contribution in [0.25, 0.3) is 0 Å². The second-order valence-corrected chi connectivity index (χ2v) is 4.17. The molecule has 0 spiro atoms. The van der Waals surface area contributed by atoms with Gasteiger partial charge in [0.2, 0.25) is 0 Å². The van der Waals surface area contributed by atoms with Gasteiger partial charge in [0.15, 0.2) is 0 Å². The predicted octanol–water partition coefficient (Wildman–Crippen LogP) is 0.622. The summed E-state index contributed by atoms with van der Waals surface area (Å²) in [4.78, 5) is 2.42. The van der Waals surface area contributed by atoms with Crippen LogP contribution in [-0.4, -0.2) is 48.5 Å². The Balaban J connectivity index is 1.69. The molecule has 2 heterocycles. The van der Waals surface area contributed by atoms with E-state index >= 15 is 0 Å². The lowest BCUT2D eigenvalue weighted by molar-refractivity contribution is 0.0372. The van der Waals surface area contributed by atoms with Gasteiger partial charge in [0, 0.05) is 26.2 Å². The predicted molar refractivity (Wildman–Crippen MR) is 50.7 cm³/mol. The van der Waals surface area contributed by atoms with Crippen LogP contribution in [0.1, 0.15) is 25.7 Å². The van der Waals surface area contributed by atoms with Crippen molar-refractivity contribution in [2.45, 2.75) is 37.9 Å². The SMILES string of the molecule is OC1CCN(C[C@@H]2CCCO2)CC1. The van der Waals surface area contributed by atoms with Crippen molar-refractivity contribution in [2.24, 2.45) is 0 Å². The first kappa shape index (κ1) is 9.44. The van der Waals surface area contributed by atoms with E-state index in [0.717, 1.165) is 39.1 Å². The third-order valence-corrected chi connectivity index (χ3v) is 3.04. The van der Waals surface area contributed by atoms with E-state index in [1.807, 2.05) is 0 Å².